The van der Waals surface area contributed by atoms with Gasteiger partial charge in [-0.05, 0) is 45.0 Å². The fourth-order valence-corrected chi connectivity index (χ4v) is 3.24. The molecule has 5 heteroatoms. The maximum Gasteiger partial charge on any atom is 0.331 e. The van der Waals surface area contributed by atoms with Gasteiger partial charge in [-0.25, -0.2) is 9.48 Å². The van der Waals surface area contributed by atoms with Crippen molar-refractivity contribution < 1.29 is 9.53 Å². The molecule has 3 aromatic rings. The van der Waals surface area contributed by atoms with Gasteiger partial charge in [0, 0.05) is 27.9 Å². The molecule has 4 nitrogen and oxygen atoms in total. The van der Waals surface area contributed by atoms with Gasteiger partial charge in [0.15, 0.2) is 0 Å². The maximum absolute atomic E-state index is 12.2. The lowest BCUT2D eigenvalue weighted by molar-refractivity contribution is -0.142. The minimum absolute atomic E-state index is 0.423. The summed E-state index contributed by atoms with van der Waals surface area (Å²) in [5.41, 5.74) is 4.47. The summed E-state index contributed by atoms with van der Waals surface area (Å²) in [5.74, 6) is -0.423. The van der Waals surface area contributed by atoms with E-state index in [4.69, 9.17) is 16.3 Å². The van der Waals surface area contributed by atoms with Crippen molar-refractivity contribution in [2.75, 3.05) is 0 Å². The molecule has 138 valence electrons. The summed E-state index contributed by atoms with van der Waals surface area (Å²) < 4.78 is 7.34. The first kappa shape index (κ1) is 18.9. The van der Waals surface area contributed by atoms with Crippen molar-refractivity contribution in [3.8, 4) is 5.69 Å². The molecule has 0 saturated heterocycles. The van der Waals surface area contributed by atoms with E-state index in [1.807, 2.05) is 67.1 Å². The summed E-state index contributed by atoms with van der Waals surface area (Å²) in [5, 5.41) is 5.16. The van der Waals surface area contributed by atoms with Crippen molar-refractivity contribution in [2.45, 2.75) is 26.9 Å². The van der Waals surface area contributed by atoms with E-state index in [2.05, 4.69) is 5.10 Å². The van der Waals surface area contributed by atoms with Crippen molar-refractivity contribution in [3.63, 3.8) is 0 Å². The van der Waals surface area contributed by atoms with Crippen molar-refractivity contribution in [1.29, 1.82) is 0 Å². The van der Waals surface area contributed by atoms with Gasteiger partial charge in [0.1, 0.15) is 6.10 Å². The second-order valence-electron chi connectivity index (χ2n) is 6.27. The maximum atomic E-state index is 12.2. The highest BCUT2D eigenvalue weighted by Crippen LogP contribution is 2.25. The molecule has 1 aromatic heterocycles. The third kappa shape index (κ3) is 4.29. The first-order valence-electron chi connectivity index (χ1n) is 8.72. The molecule has 0 aliphatic carbocycles. The lowest BCUT2D eigenvalue weighted by Gasteiger charge is -2.13. The Balaban J connectivity index is 1.75. The summed E-state index contributed by atoms with van der Waals surface area (Å²) in [7, 11) is 0. The van der Waals surface area contributed by atoms with Crippen molar-refractivity contribution in [3.05, 3.63) is 88.2 Å². The molecule has 0 spiro atoms. The van der Waals surface area contributed by atoms with E-state index >= 15 is 0 Å². The van der Waals surface area contributed by atoms with E-state index in [0.717, 1.165) is 28.2 Å². The van der Waals surface area contributed by atoms with Crippen LogP contribution in [0.2, 0.25) is 5.02 Å². The average molecular weight is 381 g/mol. The van der Waals surface area contributed by atoms with Gasteiger partial charge in [-0.1, -0.05) is 48.0 Å². The first-order chi connectivity index (χ1) is 13.0. The van der Waals surface area contributed by atoms with Crippen LogP contribution in [-0.4, -0.2) is 15.7 Å². The molecular formula is C22H21ClN2O2. The van der Waals surface area contributed by atoms with Gasteiger partial charge >= 0.3 is 5.97 Å². The van der Waals surface area contributed by atoms with Crippen molar-refractivity contribution >= 4 is 23.6 Å². The Hall–Kier alpha value is -2.85. The molecule has 0 bridgehead atoms. The van der Waals surface area contributed by atoms with Gasteiger partial charge in [-0.2, -0.15) is 5.10 Å². The number of esters is 1. The monoisotopic (exact) mass is 380 g/mol. The lowest BCUT2D eigenvalue weighted by Crippen LogP contribution is -2.06. The Kier molecular flexibility index (Phi) is 5.77. The SMILES string of the molecule is Cc1nn(-c2ccccc2)c(C)c1/C=C/C(=O)O[C@@H](C)c1ccccc1Cl. The second-order valence-corrected chi connectivity index (χ2v) is 6.67. The number of para-hydroxylation sites is 1. The smallest absolute Gasteiger partial charge is 0.331 e. The fraction of sp³-hybridized carbons (Fsp3) is 0.182. The number of carbonyl (C=O) groups is 1. The number of rotatable bonds is 5. The molecule has 1 atom stereocenters. The van der Waals surface area contributed by atoms with E-state index in [9.17, 15) is 4.79 Å². The zero-order valence-corrected chi connectivity index (χ0v) is 16.3. The van der Waals surface area contributed by atoms with Crippen molar-refractivity contribution in [2.24, 2.45) is 0 Å². The van der Waals surface area contributed by atoms with Gasteiger partial charge in [0.2, 0.25) is 0 Å². The number of halogens is 1. The third-order valence-corrected chi connectivity index (χ3v) is 4.71. The van der Waals surface area contributed by atoms with Crippen LogP contribution in [0.15, 0.2) is 60.7 Å². The molecule has 2 aromatic carbocycles. The summed E-state index contributed by atoms with van der Waals surface area (Å²) in [4.78, 5) is 12.2. The number of hydrogen-bond acceptors (Lipinski definition) is 3. The molecule has 0 radical (unpaired) electrons. The van der Waals surface area contributed by atoms with E-state index in [0.29, 0.717) is 5.02 Å². The van der Waals surface area contributed by atoms with Gasteiger partial charge in [0.25, 0.3) is 0 Å². The number of aryl methyl sites for hydroxylation is 1. The molecule has 0 aliphatic rings. The highest BCUT2D eigenvalue weighted by atomic mass is 35.5. The topological polar surface area (TPSA) is 44.1 Å². The molecule has 0 amide bonds. The Morgan fingerprint density at radius 3 is 2.48 bits per heavy atom. The minimum atomic E-state index is -0.426. The van der Waals surface area contributed by atoms with Crippen LogP contribution in [0.1, 0.15) is 35.5 Å². The van der Waals surface area contributed by atoms with Crippen molar-refractivity contribution in [1.82, 2.24) is 9.78 Å². The molecule has 0 saturated carbocycles. The quantitative estimate of drug-likeness (QED) is 0.436. The highest BCUT2D eigenvalue weighted by molar-refractivity contribution is 6.31. The molecule has 1 heterocycles. The molecule has 0 aliphatic heterocycles. The third-order valence-electron chi connectivity index (χ3n) is 4.37. The standard InChI is InChI=1S/C22H21ClN2O2/c1-15-19(16(2)25(24-15)18-9-5-4-6-10-18)13-14-22(26)27-17(3)20-11-7-8-12-21(20)23/h4-14,17H,1-3H3/b14-13+/t17-/m0/s1. The molecule has 0 fully saturated rings. The summed E-state index contributed by atoms with van der Waals surface area (Å²) in [6, 6.07) is 17.2. The van der Waals surface area contributed by atoms with Crippen LogP contribution < -0.4 is 0 Å². The van der Waals surface area contributed by atoms with Gasteiger partial charge in [-0.3, -0.25) is 0 Å². The summed E-state index contributed by atoms with van der Waals surface area (Å²) in [6.45, 7) is 5.70. The molecule has 0 N–H and O–H groups in total. The molecule has 27 heavy (non-hydrogen) atoms. The number of benzene rings is 2. The largest absolute Gasteiger partial charge is 0.455 e. The van der Waals surface area contributed by atoms with Crippen LogP contribution in [0, 0.1) is 13.8 Å². The zero-order valence-electron chi connectivity index (χ0n) is 15.5. The van der Waals surface area contributed by atoms with Crippen LogP contribution >= 0.6 is 11.6 Å². The lowest BCUT2D eigenvalue weighted by atomic mass is 10.1. The normalized spacial score (nSPS) is 12.3. The van der Waals surface area contributed by atoms with E-state index in [1.165, 1.54) is 6.08 Å². The molecule has 3 rings (SSSR count). The number of carbonyl (C=O) groups excluding carboxylic acids is 1. The zero-order chi connectivity index (χ0) is 19.4. The number of aromatic nitrogens is 2. The number of ether oxygens (including phenoxy) is 1. The molecular weight excluding hydrogens is 360 g/mol. The van der Waals surface area contributed by atoms with Gasteiger partial charge in [0.05, 0.1) is 11.4 Å². The Bertz CT molecular complexity index is 977. The highest BCUT2D eigenvalue weighted by Gasteiger charge is 2.14. The Labute approximate surface area is 164 Å². The predicted molar refractivity (Wildman–Crippen MR) is 108 cm³/mol. The first-order valence-corrected chi connectivity index (χ1v) is 9.10. The van der Waals surface area contributed by atoms with Gasteiger partial charge < -0.3 is 4.74 Å². The van der Waals surface area contributed by atoms with E-state index < -0.39 is 12.1 Å². The second kappa shape index (κ2) is 8.23. The summed E-state index contributed by atoms with van der Waals surface area (Å²) >= 11 is 6.16. The van der Waals surface area contributed by atoms with E-state index in [-0.39, 0.29) is 0 Å². The van der Waals surface area contributed by atoms with Crippen LogP contribution in [0.3, 0.4) is 0 Å². The predicted octanol–water partition coefficient (Wildman–Crippen LogP) is 5.46. The van der Waals surface area contributed by atoms with Gasteiger partial charge in [-0.15, -0.1) is 0 Å². The van der Waals surface area contributed by atoms with E-state index in [1.54, 1.807) is 19.1 Å². The molecule has 0 unspecified atom stereocenters. The van der Waals surface area contributed by atoms with Crippen LogP contribution in [0.4, 0.5) is 0 Å². The fourth-order valence-electron chi connectivity index (χ4n) is 2.95. The van der Waals surface area contributed by atoms with Crippen LogP contribution in [0.5, 0.6) is 0 Å². The summed E-state index contributed by atoms with van der Waals surface area (Å²) in [6.07, 6.45) is 2.75. The number of hydrogen-bond donors (Lipinski definition) is 0. The average Bonchev–Trinajstić information content (AvgIpc) is 2.95. The number of nitrogens with zero attached hydrogens (tertiary/aromatic N) is 2. The van der Waals surface area contributed by atoms with Crippen LogP contribution in [-0.2, 0) is 9.53 Å². The van der Waals surface area contributed by atoms with Crippen LogP contribution in [0.25, 0.3) is 11.8 Å². The Morgan fingerprint density at radius 1 is 1.11 bits per heavy atom. The Morgan fingerprint density at radius 2 is 1.78 bits per heavy atom. The minimum Gasteiger partial charge on any atom is -0.455 e.